The monoisotopic (exact) mass is 197 g/mol. The van der Waals surface area contributed by atoms with Gasteiger partial charge in [-0.2, -0.15) is 0 Å². The number of fused-ring (bicyclic) bond motifs is 1. The lowest BCUT2D eigenvalue weighted by Gasteiger charge is -2.28. The first-order valence-electron chi connectivity index (χ1n) is 4.34. The Kier molecular flexibility index (Phi) is 2.28. The molecule has 2 rings (SSSR count). The summed E-state index contributed by atoms with van der Waals surface area (Å²) in [5.74, 6) is 0. The fraction of sp³-hybridized carbons (Fsp3) is 0.400. The molecule has 1 aliphatic rings. The lowest BCUT2D eigenvalue weighted by Crippen LogP contribution is -2.31. The van der Waals surface area contributed by atoms with E-state index in [4.69, 9.17) is 22.1 Å². The van der Waals surface area contributed by atoms with E-state index >= 15 is 0 Å². The third-order valence-corrected chi connectivity index (χ3v) is 2.71. The van der Waals surface area contributed by atoms with Crippen LogP contribution in [0.5, 0.6) is 0 Å². The van der Waals surface area contributed by atoms with Gasteiger partial charge in [-0.3, -0.25) is 0 Å². The molecule has 70 valence electrons. The Morgan fingerprint density at radius 3 is 3.08 bits per heavy atom. The first-order chi connectivity index (χ1) is 6.18. The van der Waals surface area contributed by atoms with E-state index in [-0.39, 0.29) is 12.1 Å². The number of rotatable bonds is 0. The maximum atomic E-state index is 5.97. The Balaban J connectivity index is 2.44. The molecule has 2 nitrogen and oxygen atoms in total. The normalized spacial score (nSPS) is 27.0. The summed E-state index contributed by atoms with van der Waals surface area (Å²) in [6, 6.07) is 5.75. The number of halogens is 1. The van der Waals surface area contributed by atoms with E-state index in [2.05, 4.69) is 0 Å². The second-order valence-electron chi connectivity index (χ2n) is 3.39. The molecule has 0 bridgehead atoms. The fourth-order valence-corrected chi connectivity index (χ4v) is 1.80. The minimum Gasteiger partial charge on any atom is -0.372 e. The maximum absolute atomic E-state index is 5.97. The highest BCUT2D eigenvalue weighted by molar-refractivity contribution is 6.30. The fourth-order valence-electron chi connectivity index (χ4n) is 1.60. The minimum atomic E-state index is -0.0268. The summed E-state index contributed by atoms with van der Waals surface area (Å²) in [4.78, 5) is 0. The lowest BCUT2D eigenvalue weighted by molar-refractivity contribution is 0.0214. The molecule has 0 amide bonds. The van der Waals surface area contributed by atoms with Crippen LogP contribution in [0, 0.1) is 0 Å². The van der Waals surface area contributed by atoms with Crippen LogP contribution in [-0.2, 0) is 11.3 Å². The zero-order valence-electron chi connectivity index (χ0n) is 7.46. The first-order valence-corrected chi connectivity index (χ1v) is 4.72. The first kappa shape index (κ1) is 9.00. The molecule has 0 aromatic heterocycles. The quantitative estimate of drug-likeness (QED) is 0.693. The van der Waals surface area contributed by atoms with E-state index in [0.29, 0.717) is 6.61 Å². The molecule has 2 N–H and O–H groups in total. The zero-order chi connectivity index (χ0) is 9.42. The van der Waals surface area contributed by atoms with Gasteiger partial charge in [0.1, 0.15) is 0 Å². The molecule has 1 aromatic rings. The van der Waals surface area contributed by atoms with Crippen LogP contribution in [-0.4, -0.2) is 6.10 Å². The zero-order valence-corrected chi connectivity index (χ0v) is 8.21. The number of nitrogens with two attached hydrogens (primary N) is 1. The summed E-state index contributed by atoms with van der Waals surface area (Å²) in [5.41, 5.74) is 8.24. The molecule has 0 fully saturated rings. The van der Waals surface area contributed by atoms with Crippen molar-refractivity contribution >= 4 is 11.6 Å². The Labute approximate surface area is 82.6 Å². The molecule has 13 heavy (non-hydrogen) atoms. The van der Waals surface area contributed by atoms with Crippen LogP contribution in [0.25, 0.3) is 0 Å². The Morgan fingerprint density at radius 2 is 2.31 bits per heavy atom. The van der Waals surface area contributed by atoms with Gasteiger partial charge < -0.3 is 10.5 Å². The molecular weight excluding hydrogens is 186 g/mol. The van der Waals surface area contributed by atoms with Gasteiger partial charge in [-0.05, 0) is 30.2 Å². The van der Waals surface area contributed by atoms with Gasteiger partial charge in [0.2, 0.25) is 0 Å². The van der Waals surface area contributed by atoms with Crippen molar-refractivity contribution in [3.05, 3.63) is 34.3 Å². The summed E-state index contributed by atoms with van der Waals surface area (Å²) < 4.78 is 5.49. The van der Waals surface area contributed by atoms with E-state index in [9.17, 15) is 0 Å². The third-order valence-electron chi connectivity index (χ3n) is 2.47. The second-order valence-corrected chi connectivity index (χ2v) is 3.82. The largest absolute Gasteiger partial charge is 0.372 e. The highest BCUT2D eigenvalue weighted by atomic mass is 35.5. The number of hydrogen-bond donors (Lipinski definition) is 1. The lowest BCUT2D eigenvalue weighted by atomic mass is 9.95. The van der Waals surface area contributed by atoms with Gasteiger partial charge >= 0.3 is 0 Å². The average Bonchev–Trinajstić information content (AvgIpc) is 2.12. The van der Waals surface area contributed by atoms with Crippen LogP contribution in [0.2, 0.25) is 5.02 Å². The SMILES string of the molecule is C[C@H]1OCc2cc(Cl)ccc2[C@H]1N. The molecule has 1 heterocycles. The molecule has 2 atom stereocenters. The molecule has 0 spiro atoms. The van der Waals surface area contributed by atoms with Crippen molar-refractivity contribution in [2.45, 2.75) is 25.7 Å². The van der Waals surface area contributed by atoms with Crippen LogP contribution >= 0.6 is 11.6 Å². The standard InChI is InChI=1S/C10H12ClNO/c1-6-10(12)9-3-2-8(11)4-7(9)5-13-6/h2-4,6,10H,5,12H2,1H3/t6-,10+/m1/s1. The molecule has 0 saturated heterocycles. The predicted molar refractivity (Wildman–Crippen MR) is 52.6 cm³/mol. The second kappa shape index (κ2) is 3.29. The van der Waals surface area contributed by atoms with Gasteiger partial charge in [0.25, 0.3) is 0 Å². The molecule has 1 aliphatic heterocycles. The predicted octanol–water partition coefficient (Wildman–Crippen LogP) is 2.26. The summed E-state index contributed by atoms with van der Waals surface area (Å²) in [6.07, 6.45) is 0.0914. The van der Waals surface area contributed by atoms with Gasteiger partial charge in [0.05, 0.1) is 18.8 Å². The molecule has 0 unspecified atom stereocenters. The van der Waals surface area contributed by atoms with Crippen molar-refractivity contribution in [2.75, 3.05) is 0 Å². The molecule has 0 aliphatic carbocycles. The molecule has 0 radical (unpaired) electrons. The number of benzene rings is 1. The number of hydrogen-bond acceptors (Lipinski definition) is 2. The van der Waals surface area contributed by atoms with Crippen LogP contribution in [0.3, 0.4) is 0 Å². The average molecular weight is 198 g/mol. The van der Waals surface area contributed by atoms with Crippen LogP contribution < -0.4 is 5.73 Å². The smallest absolute Gasteiger partial charge is 0.0744 e. The van der Waals surface area contributed by atoms with Crippen molar-refractivity contribution in [1.82, 2.24) is 0 Å². The summed E-state index contributed by atoms with van der Waals surface area (Å²) in [6.45, 7) is 2.60. The van der Waals surface area contributed by atoms with Crippen molar-refractivity contribution in [3.8, 4) is 0 Å². The van der Waals surface area contributed by atoms with Gasteiger partial charge in [0, 0.05) is 5.02 Å². The van der Waals surface area contributed by atoms with Gasteiger partial charge in [-0.1, -0.05) is 17.7 Å². The van der Waals surface area contributed by atoms with E-state index in [1.54, 1.807) is 0 Å². The summed E-state index contributed by atoms with van der Waals surface area (Å²) in [5, 5.41) is 0.740. The van der Waals surface area contributed by atoms with E-state index < -0.39 is 0 Å². The van der Waals surface area contributed by atoms with Crippen molar-refractivity contribution < 1.29 is 4.74 Å². The highest BCUT2D eigenvalue weighted by Gasteiger charge is 2.23. The Morgan fingerprint density at radius 1 is 1.54 bits per heavy atom. The molecule has 3 heteroatoms. The van der Waals surface area contributed by atoms with Gasteiger partial charge in [-0.15, -0.1) is 0 Å². The topological polar surface area (TPSA) is 35.2 Å². The van der Waals surface area contributed by atoms with E-state index in [0.717, 1.165) is 16.1 Å². The van der Waals surface area contributed by atoms with Crippen molar-refractivity contribution in [1.29, 1.82) is 0 Å². The van der Waals surface area contributed by atoms with Gasteiger partial charge in [-0.25, -0.2) is 0 Å². The third kappa shape index (κ3) is 1.57. The van der Waals surface area contributed by atoms with E-state index in [1.807, 2.05) is 25.1 Å². The Hall–Kier alpha value is -0.570. The maximum Gasteiger partial charge on any atom is 0.0744 e. The number of ether oxygens (including phenoxy) is 1. The molecule has 0 saturated carbocycles. The van der Waals surface area contributed by atoms with Crippen LogP contribution in [0.1, 0.15) is 24.1 Å². The van der Waals surface area contributed by atoms with E-state index in [1.165, 1.54) is 0 Å². The van der Waals surface area contributed by atoms with Crippen molar-refractivity contribution in [3.63, 3.8) is 0 Å². The molecule has 1 aromatic carbocycles. The Bertz CT molecular complexity index is 327. The van der Waals surface area contributed by atoms with Crippen LogP contribution in [0.15, 0.2) is 18.2 Å². The minimum absolute atomic E-state index is 0.0268. The van der Waals surface area contributed by atoms with Crippen molar-refractivity contribution in [2.24, 2.45) is 5.73 Å². The summed E-state index contributed by atoms with van der Waals surface area (Å²) in [7, 11) is 0. The van der Waals surface area contributed by atoms with Crippen LogP contribution in [0.4, 0.5) is 0 Å². The molecular formula is C10H12ClNO. The highest BCUT2D eigenvalue weighted by Crippen LogP contribution is 2.29. The summed E-state index contributed by atoms with van der Waals surface area (Å²) >= 11 is 5.86. The van der Waals surface area contributed by atoms with Gasteiger partial charge in [0.15, 0.2) is 0 Å².